The zero-order valence-electron chi connectivity index (χ0n) is 18.3. The molecule has 1 aliphatic heterocycles. The molecule has 0 spiro atoms. The van der Waals surface area contributed by atoms with E-state index in [-0.39, 0.29) is 18.4 Å². The SMILES string of the molecule is CS(=O)(=O)Cc1cccc(C2CCN(Cc3cn(C(CO)c4ccccc4)nn3)CC2)c1. The minimum atomic E-state index is -3.03. The third kappa shape index (κ3) is 5.82. The number of nitrogens with zero attached hydrogens (tertiary/aromatic N) is 4. The van der Waals surface area contributed by atoms with Gasteiger partial charge in [-0.15, -0.1) is 5.10 Å². The highest BCUT2D eigenvalue weighted by Crippen LogP contribution is 2.29. The van der Waals surface area contributed by atoms with Gasteiger partial charge in [0.05, 0.1) is 24.3 Å². The predicted molar refractivity (Wildman–Crippen MR) is 124 cm³/mol. The Balaban J connectivity index is 1.35. The number of rotatable bonds is 8. The van der Waals surface area contributed by atoms with Crippen molar-refractivity contribution in [3.05, 3.63) is 83.2 Å². The summed E-state index contributed by atoms with van der Waals surface area (Å²) in [5.74, 6) is 0.533. The second-order valence-corrected chi connectivity index (χ2v) is 10.8. The Morgan fingerprint density at radius 2 is 1.84 bits per heavy atom. The van der Waals surface area contributed by atoms with Gasteiger partial charge in [-0.05, 0) is 48.5 Å². The lowest BCUT2D eigenvalue weighted by Gasteiger charge is -2.31. The Hall–Kier alpha value is -2.55. The van der Waals surface area contributed by atoms with Crippen molar-refractivity contribution in [1.82, 2.24) is 19.9 Å². The molecule has 8 heteroatoms. The van der Waals surface area contributed by atoms with E-state index in [2.05, 4.69) is 21.3 Å². The van der Waals surface area contributed by atoms with Crippen LogP contribution in [0.2, 0.25) is 0 Å². The Kier molecular flexibility index (Phi) is 7.03. The number of piperidine rings is 1. The van der Waals surface area contributed by atoms with Crippen LogP contribution >= 0.6 is 0 Å². The molecule has 1 saturated heterocycles. The van der Waals surface area contributed by atoms with Gasteiger partial charge in [-0.1, -0.05) is 59.8 Å². The van der Waals surface area contributed by atoms with Crippen LogP contribution in [0.15, 0.2) is 60.8 Å². The quantitative estimate of drug-likeness (QED) is 0.563. The fourth-order valence-corrected chi connectivity index (χ4v) is 5.23. The summed E-state index contributed by atoms with van der Waals surface area (Å²) in [6.45, 7) is 2.61. The molecule has 4 rings (SSSR count). The lowest BCUT2D eigenvalue weighted by Crippen LogP contribution is -2.32. The van der Waals surface area contributed by atoms with Gasteiger partial charge < -0.3 is 5.11 Å². The van der Waals surface area contributed by atoms with Gasteiger partial charge in [-0.3, -0.25) is 4.90 Å². The van der Waals surface area contributed by atoms with Gasteiger partial charge >= 0.3 is 0 Å². The number of hydrogen-bond donors (Lipinski definition) is 1. The van der Waals surface area contributed by atoms with Crippen molar-refractivity contribution in [1.29, 1.82) is 0 Å². The van der Waals surface area contributed by atoms with Crippen LogP contribution in [0.4, 0.5) is 0 Å². The van der Waals surface area contributed by atoms with Crippen molar-refractivity contribution in [2.45, 2.75) is 37.1 Å². The number of aromatic nitrogens is 3. The molecule has 7 nitrogen and oxygen atoms in total. The van der Waals surface area contributed by atoms with Crippen LogP contribution in [-0.2, 0) is 22.1 Å². The summed E-state index contributed by atoms with van der Waals surface area (Å²) >= 11 is 0. The van der Waals surface area contributed by atoms with E-state index in [9.17, 15) is 13.5 Å². The third-order valence-corrected chi connectivity index (χ3v) is 6.92. The third-order valence-electron chi connectivity index (χ3n) is 6.06. The standard InChI is InChI=1S/C24H30N4O3S/c1-32(30,31)18-19-6-5-9-22(14-19)20-10-12-27(13-11-20)15-23-16-28(26-25-23)24(17-29)21-7-3-2-4-8-21/h2-9,14,16,20,24,29H,10-13,15,17-18H2,1H3. The van der Waals surface area contributed by atoms with E-state index in [4.69, 9.17) is 0 Å². The van der Waals surface area contributed by atoms with Gasteiger partial charge in [0.25, 0.3) is 0 Å². The molecule has 1 aliphatic rings. The summed E-state index contributed by atoms with van der Waals surface area (Å²) in [5.41, 5.74) is 3.99. The first kappa shape index (κ1) is 22.6. The summed E-state index contributed by atoms with van der Waals surface area (Å²) < 4.78 is 25.0. The lowest BCUT2D eigenvalue weighted by atomic mass is 9.88. The van der Waals surface area contributed by atoms with E-state index < -0.39 is 9.84 Å². The molecule has 3 aromatic rings. The Labute approximate surface area is 189 Å². The predicted octanol–water partition coefficient (Wildman–Crippen LogP) is 2.78. The van der Waals surface area contributed by atoms with Crippen LogP contribution in [-0.4, -0.2) is 59.4 Å². The monoisotopic (exact) mass is 454 g/mol. The van der Waals surface area contributed by atoms with Crippen LogP contribution in [0, 0.1) is 0 Å². The zero-order valence-corrected chi connectivity index (χ0v) is 19.2. The fraction of sp³-hybridized carbons (Fsp3) is 0.417. The number of aliphatic hydroxyl groups is 1. The van der Waals surface area contributed by atoms with Crippen molar-refractivity contribution in [3.63, 3.8) is 0 Å². The molecule has 2 heterocycles. The van der Waals surface area contributed by atoms with Crippen LogP contribution in [0.3, 0.4) is 0 Å². The molecule has 32 heavy (non-hydrogen) atoms. The van der Waals surface area contributed by atoms with Gasteiger partial charge in [0.15, 0.2) is 9.84 Å². The van der Waals surface area contributed by atoms with Gasteiger partial charge in [-0.2, -0.15) is 0 Å². The number of aliphatic hydroxyl groups excluding tert-OH is 1. The van der Waals surface area contributed by atoms with E-state index in [0.717, 1.165) is 49.3 Å². The molecular weight excluding hydrogens is 424 g/mol. The van der Waals surface area contributed by atoms with Crippen molar-refractivity contribution >= 4 is 9.84 Å². The number of likely N-dealkylation sites (tertiary alicyclic amines) is 1. The molecule has 1 fully saturated rings. The molecule has 1 unspecified atom stereocenters. The summed E-state index contributed by atoms with van der Waals surface area (Å²) in [4.78, 5) is 2.38. The van der Waals surface area contributed by atoms with Crippen LogP contribution in [0.5, 0.6) is 0 Å². The van der Waals surface area contributed by atoms with Crippen molar-refractivity contribution < 1.29 is 13.5 Å². The van der Waals surface area contributed by atoms with Crippen molar-refractivity contribution in [2.24, 2.45) is 0 Å². The highest BCUT2D eigenvalue weighted by molar-refractivity contribution is 7.89. The van der Waals surface area contributed by atoms with E-state index >= 15 is 0 Å². The maximum atomic E-state index is 11.6. The molecule has 0 aliphatic carbocycles. The summed E-state index contributed by atoms with van der Waals surface area (Å²) in [6, 6.07) is 17.6. The summed E-state index contributed by atoms with van der Waals surface area (Å²) in [6.07, 6.45) is 5.26. The first-order chi connectivity index (χ1) is 15.4. The molecule has 170 valence electrons. The number of hydrogen-bond acceptors (Lipinski definition) is 6. The Bertz CT molecular complexity index is 1120. The van der Waals surface area contributed by atoms with Crippen molar-refractivity contribution in [2.75, 3.05) is 26.0 Å². The first-order valence-electron chi connectivity index (χ1n) is 11.0. The van der Waals surface area contributed by atoms with E-state index in [1.54, 1.807) is 4.68 Å². The average molecular weight is 455 g/mol. The normalized spacial score (nSPS) is 16.8. The fourth-order valence-electron chi connectivity index (χ4n) is 4.45. The largest absolute Gasteiger partial charge is 0.394 e. The Morgan fingerprint density at radius 1 is 1.09 bits per heavy atom. The second kappa shape index (κ2) is 9.94. The zero-order chi connectivity index (χ0) is 22.6. The second-order valence-electron chi connectivity index (χ2n) is 8.66. The minimum Gasteiger partial charge on any atom is -0.394 e. The van der Waals surface area contributed by atoms with Crippen LogP contribution < -0.4 is 0 Å². The molecule has 0 bridgehead atoms. The van der Waals surface area contributed by atoms with Gasteiger partial charge in [0.1, 0.15) is 6.04 Å². The summed E-state index contributed by atoms with van der Waals surface area (Å²) in [5, 5.41) is 18.4. The lowest BCUT2D eigenvalue weighted by molar-refractivity contribution is 0.202. The summed E-state index contributed by atoms with van der Waals surface area (Å²) in [7, 11) is -3.03. The molecule has 0 amide bonds. The molecule has 0 saturated carbocycles. The average Bonchev–Trinajstić information content (AvgIpc) is 3.22. The molecule has 1 atom stereocenters. The van der Waals surface area contributed by atoms with Gasteiger partial charge in [0, 0.05) is 12.8 Å². The van der Waals surface area contributed by atoms with E-state index in [1.807, 2.05) is 54.7 Å². The smallest absolute Gasteiger partial charge is 0.151 e. The Morgan fingerprint density at radius 3 is 2.53 bits per heavy atom. The van der Waals surface area contributed by atoms with Gasteiger partial charge in [-0.25, -0.2) is 13.1 Å². The molecular formula is C24H30N4O3S. The minimum absolute atomic E-state index is 0.0311. The van der Waals surface area contributed by atoms with Crippen LogP contribution in [0.1, 0.15) is 47.2 Å². The van der Waals surface area contributed by atoms with Crippen LogP contribution in [0.25, 0.3) is 0 Å². The number of sulfone groups is 1. The molecule has 1 N–H and O–H groups in total. The highest BCUT2D eigenvalue weighted by atomic mass is 32.2. The highest BCUT2D eigenvalue weighted by Gasteiger charge is 2.22. The maximum Gasteiger partial charge on any atom is 0.151 e. The molecule has 2 aromatic carbocycles. The first-order valence-corrected chi connectivity index (χ1v) is 13.0. The molecule has 0 radical (unpaired) electrons. The maximum absolute atomic E-state index is 11.6. The molecule has 1 aromatic heterocycles. The van der Waals surface area contributed by atoms with E-state index in [1.165, 1.54) is 11.8 Å². The van der Waals surface area contributed by atoms with E-state index in [0.29, 0.717) is 5.92 Å². The number of benzene rings is 2. The van der Waals surface area contributed by atoms with Gasteiger partial charge in [0.2, 0.25) is 0 Å². The van der Waals surface area contributed by atoms with Crippen molar-refractivity contribution in [3.8, 4) is 0 Å². The topological polar surface area (TPSA) is 88.3 Å².